The molecule has 1 aromatic rings. The molecule has 0 aromatic heterocycles. The van der Waals surface area contributed by atoms with Crippen LogP contribution in [-0.2, 0) is 23.1 Å². The lowest BCUT2D eigenvalue weighted by Crippen LogP contribution is -2.43. The van der Waals surface area contributed by atoms with Crippen molar-refractivity contribution < 1.29 is 27.9 Å². The zero-order valence-electron chi connectivity index (χ0n) is 15.1. The van der Waals surface area contributed by atoms with Gasteiger partial charge in [-0.25, -0.2) is 4.79 Å². The molecule has 0 radical (unpaired) electrons. The van der Waals surface area contributed by atoms with Gasteiger partial charge in [0.25, 0.3) is 0 Å². The summed E-state index contributed by atoms with van der Waals surface area (Å²) in [6.07, 6.45) is -0.712. The van der Waals surface area contributed by atoms with Gasteiger partial charge in [0.15, 0.2) is 11.6 Å². The number of amides is 1. The molecular formula is C17H24NO6P. The van der Waals surface area contributed by atoms with Gasteiger partial charge >= 0.3 is 13.7 Å². The Kier molecular flexibility index (Phi) is 5.72. The van der Waals surface area contributed by atoms with E-state index in [-0.39, 0.29) is 12.2 Å². The fourth-order valence-corrected chi connectivity index (χ4v) is 4.38. The van der Waals surface area contributed by atoms with Crippen molar-refractivity contribution in [2.45, 2.75) is 44.6 Å². The predicted octanol–water partition coefficient (Wildman–Crippen LogP) is 3.75. The van der Waals surface area contributed by atoms with Crippen LogP contribution in [-0.4, -0.2) is 42.4 Å². The summed E-state index contributed by atoms with van der Waals surface area (Å²) in [5.41, 5.74) is -0.0125. The largest absolute Gasteiger partial charge is 0.444 e. The Morgan fingerprint density at radius 2 is 1.72 bits per heavy atom. The third-order valence-electron chi connectivity index (χ3n) is 3.88. The molecule has 0 unspecified atom stereocenters. The van der Waals surface area contributed by atoms with E-state index in [1.54, 1.807) is 20.8 Å². The first kappa shape index (κ1) is 19.6. The van der Waals surface area contributed by atoms with Crippen molar-refractivity contribution in [1.29, 1.82) is 0 Å². The van der Waals surface area contributed by atoms with E-state index >= 15 is 0 Å². The number of benzene rings is 1. The summed E-state index contributed by atoms with van der Waals surface area (Å²) < 4.78 is 28.3. The van der Waals surface area contributed by atoms with Crippen LogP contribution in [0, 0.1) is 0 Å². The highest BCUT2D eigenvalue weighted by atomic mass is 31.2. The van der Waals surface area contributed by atoms with Crippen LogP contribution in [0.2, 0.25) is 0 Å². The lowest BCUT2D eigenvalue weighted by atomic mass is 10.0. The highest BCUT2D eigenvalue weighted by Gasteiger charge is 2.55. The Balaban J connectivity index is 2.49. The molecule has 138 valence electrons. The first-order chi connectivity index (χ1) is 11.6. The highest BCUT2D eigenvalue weighted by Crippen LogP contribution is 2.58. The number of hydrogen-bond acceptors (Lipinski definition) is 6. The minimum atomic E-state index is -3.84. The van der Waals surface area contributed by atoms with Crippen LogP contribution in [0.5, 0.6) is 0 Å². The molecule has 2 atom stereocenters. The Labute approximate surface area is 147 Å². The third-order valence-corrected chi connectivity index (χ3v) is 6.03. The van der Waals surface area contributed by atoms with E-state index in [9.17, 15) is 14.2 Å². The molecule has 1 aliphatic heterocycles. The zero-order valence-corrected chi connectivity index (χ0v) is 16.0. The molecule has 1 aliphatic rings. The average Bonchev–Trinajstić information content (AvgIpc) is 2.91. The number of nitrogens with zero attached hydrogens (tertiary/aromatic N) is 1. The monoisotopic (exact) mass is 369 g/mol. The molecule has 0 spiro atoms. The Bertz CT molecular complexity index is 676. The van der Waals surface area contributed by atoms with E-state index < -0.39 is 31.1 Å². The van der Waals surface area contributed by atoms with Gasteiger partial charge in [0.1, 0.15) is 5.60 Å². The van der Waals surface area contributed by atoms with Gasteiger partial charge < -0.3 is 13.8 Å². The van der Waals surface area contributed by atoms with Crippen molar-refractivity contribution in [3.8, 4) is 0 Å². The van der Waals surface area contributed by atoms with Crippen molar-refractivity contribution in [1.82, 2.24) is 4.90 Å². The normalized spacial score (nSPS) is 21.5. The summed E-state index contributed by atoms with van der Waals surface area (Å²) in [6.45, 7) is 5.17. The van der Waals surface area contributed by atoms with Gasteiger partial charge in [0.2, 0.25) is 0 Å². The summed E-state index contributed by atoms with van der Waals surface area (Å²) in [4.78, 5) is 26.6. The minimum absolute atomic E-state index is 0.0185. The maximum atomic E-state index is 12.9. The van der Waals surface area contributed by atoms with Gasteiger partial charge in [0.05, 0.1) is 6.04 Å². The number of hydrogen-bond donors (Lipinski definition) is 0. The quantitative estimate of drug-likeness (QED) is 0.752. The molecule has 0 saturated carbocycles. The van der Waals surface area contributed by atoms with E-state index in [0.29, 0.717) is 0 Å². The number of Topliss-reactive ketones (excluding diaryl/α,β-unsaturated/α-hetero) is 1. The van der Waals surface area contributed by atoms with Gasteiger partial charge in [0, 0.05) is 20.6 Å². The maximum Gasteiger partial charge on any atom is 0.411 e. The lowest BCUT2D eigenvalue weighted by Gasteiger charge is -2.33. The summed E-state index contributed by atoms with van der Waals surface area (Å²) in [5, 5.41) is 0. The molecule has 0 bridgehead atoms. The molecule has 0 N–H and O–H groups in total. The van der Waals surface area contributed by atoms with E-state index in [0.717, 1.165) is 5.56 Å². The van der Waals surface area contributed by atoms with Crippen LogP contribution in [0.25, 0.3) is 0 Å². The number of ketones is 1. The molecule has 1 fully saturated rings. The number of likely N-dealkylation sites (tertiary alicyclic amines) is 1. The second kappa shape index (κ2) is 7.28. The standard InChI is InChI=1S/C17H24NO6P/c1-17(2,3)24-16(20)18-13(12-9-7-6-8-10-12)11-14(19)15(18)25(21,22-4)23-5/h6-10,13,15H,11H2,1-5H3/t13-,15-/m1/s1. The molecule has 1 saturated heterocycles. The van der Waals surface area contributed by atoms with E-state index in [1.165, 1.54) is 19.1 Å². The van der Waals surface area contributed by atoms with Crippen molar-refractivity contribution >= 4 is 19.5 Å². The smallest absolute Gasteiger partial charge is 0.411 e. The summed E-state index contributed by atoms with van der Waals surface area (Å²) in [6, 6.07) is 8.49. The highest BCUT2D eigenvalue weighted by molar-refractivity contribution is 7.55. The van der Waals surface area contributed by atoms with Crippen molar-refractivity contribution in [3.63, 3.8) is 0 Å². The van der Waals surface area contributed by atoms with Crippen molar-refractivity contribution in [3.05, 3.63) is 35.9 Å². The molecule has 1 amide bonds. The molecule has 0 aliphatic carbocycles. The summed E-state index contributed by atoms with van der Waals surface area (Å²) >= 11 is 0. The van der Waals surface area contributed by atoms with Gasteiger partial charge in [-0.1, -0.05) is 30.3 Å². The zero-order chi connectivity index (χ0) is 18.8. The summed E-state index contributed by atoms with van der Waals surface area (Å²) in [7, 11) is -1.45. The van der Waals surface area contributed by atoms with Gasteiger partial charge in [-0.05, 0) is 26.3 Å². The van der Waals surface area contributed by atoms with Crippen LogP contribution in [0.15, 0.2) is 30.3 Å². The molecule has 2 rings (SSSR count). The Hall–Kier alpha value is -1.69. The van der Waals surface area contributed by atoms with E-state index in [4.69, 9.17) is 13.8 Å². The molecule has 1 aromatic carbocycles. The predicted molar refractivity (Wildman–Crippen MR) is 92.3 cm³/mol. The number of carbonyl (C=O) groups excluding carboxylic acids is 2. The average molecular weight is 369 g/mol. The molecule has 25 heavy (non-hydrogen) atoms. The number of ether oxygens (including phenoxy) is 1. The van der Waals surface area contributed by atoms with Gasteiger partial charge in [-0.15, -0.1) is 0 Å². The van der Waals surface area contributed by atoms with Crippen molar-refractivity contribution in [2.75, 3.05) is 14.2 Å². The minimum Gasteiger partial charge on any atom is -0.444 e. The second-order valence-corrected chi connectivity index (χ2v) is 9.06. The van der Waals surface area contributed by atoms with Gasteiger partial charge in [-0.2, -0.15) is 0 Å². The summed E-state index contributed by atoms with van der Waals surface area (Å²) in [5.74, 6) is -1.71. The molecule has 1 heterocycles. The van der Waals surface area contributed by atoms with Crippen LogP contribution in [0.3, 0.4) is 0 Å². The third kappa shape index (κ3) is 4.11. The maximum absolute atomic E-state index is 12.9. The van der Waals surface area contributed by atoms with Gasteiger partial charge in [-0.3, -0.25) is 14.3 Å². The lowest BCUT2D eigenvalue weighted by molar-refractivity contribution is -0.118. The topological polar surface area (TPSA) is 82.1 Å². The van der Waals surface area contributed by atoms with Crippen LogP contribution >= 0.6 is 7.60 Å². The Morgan fingerprint density at radius 3 is 2.20 bits per heavy atom. The fraction of sp³-hybridized carbons (Fsp3) is 0.529. The second-order valence-electron chi connectivity index (χ2n) is 6.76. The molecule has 8 heteroatoms. The number of carbonyl (C=O) groups is 2. The van der Waals surface area contributed by atoms with Crippen molar-refractivity contribution in [2.24, 2.45) is 0 Å². The SMILES string of the molecule is COP(=O)(OC)[C@@H]1C(=O)C[C@H](c2ccccc2)N1C(=O)OC(C)(C)C. The fourth-order valence-electron chi connectivity index (χ4n) is 2.82. The molecular weight excluding hydrogens is 345 g/mol. The van der Waals surface area contributed by atoms with Crippen LogP contribution in [0.1, 0.15) is 38.8 Å². The van der Waals surface area contributed by atoms with E-state index in [2.05, 4.69) is 0 Å². The van der Waals surface area contributed by atoms with Crippen LogP contribution in [0.4, 0.5) is 4.79 Å². The first-order valence-electron chi connectivity index (χ1n) is 7.93. The Morgan fingerprint density at radius 1 is 1.16 bits per heavy atom. The first-order valence-corrected chi connectivity index (χ1v) is 9.54. The van der Waals surface area contributed by atoms with E-state index in [1.807, 2.05) is 30.3 Å². The number of rotatable bonds is 4. The molecule has 7 nitrogen and oxygen atoms in total. The van der Waals surface area contributed by atoms with Crippen LogP contribution < -0.4 is 0 Å².